The molecule has 0 atom stereocenters. The third kappa shape index (κ3) is 4.35. The number of anilines is 3. The Morgan fingerprint density at radius 2 is 1.83 bits per heavy atom. The second-order valence-corrected chi connectivity index (χ2v) is 12.7. The number of likely N-dealkylation sites (tertiary alicyclic amines) is 1. The summed E-state index contributed by atoms with van der Waals surface area (Å²) in [5.41, 5.74) is 4.23. The molecule has 6 heterocycles. The molecular formula is C32H37FN8O. The number of piperidine rings is 1. The lowest BCUT2D eigenvalue weighted by Crippen LogP contribution is -2.57. The molecule has 0 bridgehead atoms. The van der Waals surface area contributed by atoms with Crippen LogP contribution in [0.1, 0.15) is 71.5 Å². The second-order valence-electron chi connectivity index (χ2n) is 12.7. The highest BCUT2D eigenvalue weighted by atomic mass is 19.1. The van der Waals surface area contributed by atoms with Crippen LogP contribution >= 0.6 is 0 Å². The molecule has 1 saturated carbocycles. The maximum Gasteiger partial charge on any atom is 0.239 e. The molecular weight excluding hydrogens is 531 g/mol. The Hall–Kier alpha value is -3.92. The van der Waals surface area contributed by atoms with E-state index in [9.17, 15) is 9.18 Å². The van der Waals surface area contributed by atoms with Gasteiger partial charge in [0.2, 0.25) is 5.91 Å². The van der Waals surface area contributed by atoms with Gasteiger partial charge in [-0.25, -0.2) is 14.4 Å². The van der Waals surface area contributed by atoms with Crippen molar-refractivity contribution in [2.24, 2.45) is 0 Å². The number of nitrogens with one attached hydrogen (secondary N) is 1. The monoisotopic (exact) mass is 568 g/mol. The fourth-order valence-corrected chi connectivity index (χ4v) is 6.77. The summed E-state index contributed by atoms with van der Waals surface area (Å²) in [5.74, 6) is 0.141. The van der Waals surface area contributed by atoms with Gasteiger partial charge in [0.1, 0.15) is 5.52 Å². The number of nitrogens with zero attached hydrogens (tertiary/aromatic N) is 7. The lowest BCUT2D eigenvalue weighted by atomic mass is 9.83. The molecule has 10 heteroatoms. The Labute approximate surface area is 245 Å². The van der Waals surface area contributed by atoms with Gasteiger partial charge in [-0.2, -0.15) is 0 Å². The summed E-state index contributed by atoms with van der Waals surface area (Å²) in [4.78, 5) is 36.7. The molecule has 4 aromatic rings. The van der Waals surface area contributed by atoms with Crippen LogP contribution in [0.15, 0.2) is 43.1 Å². The first-order valence-electron chi connectivity index (χ1n) is 15.0. The summed E-state index contributed by atoms with van der Waals surface area (Å²) in [6.45, 7) is 10.4. The molecule has 1 aliphatic carbocycles. The topological polar surface area (TPSA) is 92.1 Å². The van der Waals surface area contributed by atoms with Crippen LogP contribution in [0.25, 0.3) is 22.3 Å². The van der Waals surface area contributed by atoms with Crippen LogP contribution in [-0.2, 0) is 10.2 Å². The van der Waals surface area contributed by atoms with E-state index in [0.717, 1.165) is 40.8 Å². The molecule has 7 rings (SSSR count). The van der Waals surface area contributed by atoms with Gasteiger partial charge in [-0.15, -0.1) is 0 Å². The quantitative estimate of drug-likeness (QED) is 0.305. The Balaban J connectivity index is 1.27. The number of imidazole rings is 1. The molecule has 0 aromatic carbocycles. The smallest absolute Gasteiger partial charge is 0.239 e. The number of carbonyl (C=O) groups is 1. The van der Waals surface area contributed by atoms with Crippen molar-refractivity contribution >= 4 is 34.1 Å². The number of carbonyl (C=O) groups excluding carboxylic acids is 1. The molecule has 1 saturated heterocycles. The van der Waals surface area contributed by atoms with Gasteiger partial charge in [0.05, 0.1) is 46.2 Å². The van der Waals surface area contributed by atoms with E-state index in [-0.39, 0.29) is 23.7 Å². The number of fused-ring (bicyclic) bond motifs is 2. The second kappa shape index (κ2) is 10.1. The third-order valence-electron chi connectivity index (χ3n) is 9.26. The molecule has 0 spiro atoms. The van der Waals surface area contributed by atoms with Gasteiger partial charge >= 0.3 is 0 Å². The largest absolute Gasteiger partial charge is 0.336 e. The lowest BCUT2D eigenvalue weighted by Gasteiger charge is -2.47. The summed E-state index contributed by atoms with van der Waals surface area (Å²) >= 11 is 0. The van der Waals surface area contributed by atoms with Crippen LogP contribution in [0.2, 0.25) is 0 Å². The molecule has 0 radical (unpaired) electrons. The standard InChI is InChI=1S/C32H37FN8O/c1-19(2)40-18-36-26-15-25(38-30(28(26)40)37-24-8-9-34-17-23(24)33)20-12-27-29(35-16-20)32(3,4)31(42)41(27)22-13-21(14-22)39-10-6-5-7-11-39/h8-9,12,15-19,21-22H,5-7,10-11,13-14H2,1-4H3,(H,34,37,38)/t21-,22+. The number of aromatic nitrogens is 5. The van der Waals surface area contributed by atoms with Crippen LogP contribution in [0.4, 0.5) is 21.6 Å². The van der Waals surface area contributed by atoms with Gasteiger partial charge in [0, 0.05) is 36.1 Å². The molecule has 1 N–H and O–H groups in total. The molecule has 0 unspecified atom stereocenters. The highest BCUT2D eigenvalue weighted by Crippen LogP contribution is 2.47. The highest BCUT2D eigenvalue weighted by molar-refractivity contribution is 6.08. The maximum absolute atomic E-state index is 14.6. The summed E-state index contributed by atoms with van der Waals surface area (Å²) in [7, 11) is 0. The van der Waals surface area contributed by atoms with E-state index in [1.165, 1.54) is 38.5 Å². The Morgan fingerprint density at radius 1 is 1.05 bits per heavy atom. The number of amides is 1. The van der Waals surface area contributed by atoms with E-state index in [1.807, 2.05) is 35.4 Å². The Morgan fingerprint density at radius 3 is 2.57 bits per heavy atom. The first-order chi connectivity index (χ1) is 20.2. The van der Waals surface area contributed by atoms with Crippen molar-refractivity contribution in [2.45, 2.75) is 83.3 Å². The Kier molecular flexibility index (Phi) is 6.49. The molecule has 2 fully saturated rings. The van der Waals surface area contributed by atoms with Crippen LogP contribution in [0, 0.1) is 5.82 Å². The van der Waals surface area contributed by atoms with Gasteiger partial charge in [0.25, 0.3) is 0 Å². The maximum atomic E-state index is 14.6. The predicted molar refractivity (Wildman–Crippen MR) is 161 cm³/mol. The highest BCUT2D eigenvalue weighted by Gasteiger charge is 2.51. The number of hydrogen-bond donors (Lipinski definition) is 1. The minimum Gasteiger partial charge on any atom is -0.336 e. The summed E-state index contributed by atoms with van der Waals surface area (Å²) < 4.78 is 16.6. The summed E-state index contributed by atoms with van der Waals surface area (Å²) in [5, 5.41) is 3.18. The van der Waals surface area contributed by atoms with Gasteiger partial charge < -0.3 is 19.7 Å². The molecule has 3 aliphatic rings. The van der Waals surface area contributed by atoms with E-state index in [2.05, 4.69) is 34.0 Å². The average Bonchev–Trinajstić information content (AvgIpc) is 3.47. The van der Waals surface area contributed by atoms with E-state index in [1.54, 1.807) is 24.8 Å². The van der Waals surface area contributed by atoms with Gasteiger partial charge in [0.15, 0.2) is 11.6 Å². The van der Waals surface area contributed by atoms with Gasteiger partial charge in [-0.3, -0.25) is 14.8 Å². The third-order valence-corrected chi connectivity index (χ3v) is 9.26. The lowest BCUT2D eigenvalue weighted by molar-refractivity contribution is -0.123. The molecule has 9 nitrogen and oxygen atoms in total. The van der Waals surface area contributed by atoms with Gasteiger partial charge in [-0.05, 0) is 84.7 Å². The predicted octanol–water partition coefficient (Wildman–Crippen LogP) is 5.99. The van der Waals surface area contributed by atoms with Crippen molar-refractivity contribution in [2.75, 3.05) is 23.3 Å². The first kappa shape index (κ1) is 26.9. The van der Waals surface area contributed by atoms with Crippen molar-refractivity contribution < 1.29 is 9.18 Å². The zero-order chi connectivity index (χ0) is 29.2. The first-order valence-corrected chi connectivity index (χ1v) is 15.0. The van der Waals surface area contributed by atoms with E-state index >= 15 is 0 Å². The Bertz CT molecular complexity index is 1670. The number of pyridine rings is 3. The van der Waals surface area contributed by atoms with Crippen LogP contribution in [0.5, 0.6) is 0 Å². The van der Waals surface area contributed by atoms with E-state index in [0.29, 0.717) is 17.6 Å². The van der Waals surface area contributed by atoms with Crippen molar-refractivity contribution in [1.82, 2.24) is 29.4 Å². The van der Waals surface area contributed by atoms with Crippen LogP contribution in [0.3, 0.4) is 0 Å². The normalized spacial score (nSPS) is 22.0. The molecule has 42 heavy (non-hydrogen) atoms. The minimum absolute atomic E-state index is 0.110. The van der Waals surface area contributed by atoms with Crippen molar-refractivity contribution in [3.63, 3.8) is 0 Å². The fraction of sp³-hybridized carbons (Fsp3) is 0.469. The molecule has 2 aliphatic heterocycles. The molecule has 4 aromatic heterocycles. The van der Waals surface area contributed by atoms with E-state index < -0.39 is 11.2 Å². The SMILES string of the molecule is CC(C)n1cnc2cc(-c3cnc4c(c3)N([C@H]3C[C@@H](N5CCCCC5)C3)C(=O)C4(C)C)nc(Nc3ccncc3F)c21. The summed E-state index contributed by atoms with van der Waals surface area (Å²) in [6.07, 6.45) is 12.1. The fourth-order valence-electron chi connectivity index (χ4n) is 6.77. The average molecular weight is 569 g/mol. The van der Waals surface area contributed by atoms with Crippen LogP contribution < -0.4 is 10.2 Å². The molecule has 218 valence electrons. The van der Waals surface area contributed by atoms with Crippen molar-refractivity contribution in [3.8, 4) is 11.3 Å². The van der Waals surface area contributed by atoms with Crippen LogP contribution in [-0.4, -0.2) is 60.5 Å². The summed E-state index contributed by atoms with van der Waals surface area (Å²) in [6, 6.07) is 6.43. The minimum atomic E-state index is -0.691. The molecule has 1 amide bonds. The number of halogens is 1. The number of hydrogen-bond acceptors (Lipinski definition) is 7. The van der Waals surface area contributed by atoms with Crippen molar-refractivity contribution in [3.05, 3.63) is 54.6 Å². The van der Waals surface area contributed by atoms with Crippen molar-refractivity contribution in [1.29, 1.82) is 0 Å². The zero-order valence-corrected chi connectivity index (χ0v) is 24.6. The zero-order valence-electron chi connectivity index (χ0n) is 24.6. The van der Waals surface area contributed by atoms with E-state index in [4.69, 9.17) is 9.97 Å². The number of rotatable bonds is 6. The van der Waals surface area contributed by atoms with Gasteiger partial charge in [-0.1, -0.05) is 6.42 Å².